The number of hydrogen-bond donors (Lipinski definition) is 2. The first-order valence-corrected chi connectivity index (χ1v) is 7.85. The SMILES string of the molecule is COC1CC(C(=O)O)N(C(=O)NC2CCCCCC2C)C1. The Morgan fingerprint density at radius 3 is 2.62 bits per heavy atom. The van der Waals surface area contributed by atoms with Crippen LogP contribution in [0.2, 0.25) is 0 Å². The van der Waals surface area contributed by atoms with Crippen LogP contribution in [-0.4, -0.2) is 53.8 Å². The van der Waals surface area contributed by atoms with E-state index in [9.17, 15) is 14.7 Å². The molecule has 2 rings (SSSR count). The molecule has 0 radical (unpaired) electrons. The molecule has 4 unspecified atom stereocenters. The van der Waals surface area contributed by atoms with Crippen molar-refractivity contribution in [2.45, 2.75) is 63.6 Å². The van der Waals surface area contributed by atoms with E-state index in [2.05, 4.69) is 12.2 Å². The molecule has 0 spiro atoms. The Morgan fingerprint density at radius 2 is 1.95 bits per heavy atom. The van der Waals surface area contributed by atoms with Crippen LogP contribution in [0.5, 0.6) is 0 Å². The maximum Gasteiger partial charge on any atom is 0.326 e. The first-order chi connectivity index (χ1) is 10.0. The maximum atomic E-state index is 12.4. The molecule has 2 N–H and O–H groups in total. The van der Waals surface area contributed by atoms with E-state index in [4.69, 9.17) is 4.74 Å². The number of carboxylic acid groups (broad SMARTS) is 1. The number of carbonyl (C=O) groups excluding carboxylic acids is 1. The number of ether oxygens (including phenoxy) is 1. The van der Waals surface area contributed by atoms with Gasteiger partial charge in [-0.05, 0) is 18.8 Å². The lowest BCUT2D eigenvalue weighted by Gasteiger charge is -2.28. The van der Waals surface area contributed by atoms with Crippen LogP contribution in [0, 0.1) is 5.92 Å². The number of carbonyl (C=O) groups is 2. The Hall–Kier alpha value is -1.30. The number of hydrogen-bond acceptors (Lipinski definition) is 3. The van der Waals surface area contributed by atoms with Gasteiger partial charge in [0.2, 0.25) is 0 Å². The molecule has 2 amide bonds. The predicted molar refractivity (Wildman–Crippen MR) is 78.1 cm³/mol. The van der Waals surface area contributed by atoms with Gasteiger partial charge >= 0.3 is 12.0 Å². The van der Waals surface area contributed by atoms with Crippen LogP contribution in [-0.2, 0) is 9.53 Å². The minimum Gasteiger partial charge on any atom is -0.480 e. The Morgan fingerprint density at radius 1 is 1.24 bits per heavy atom. The van der Waals surface area contributed by atoms with Gasteiger partial charge in [0.1, 0.15) is 6.04 Å². The summed E-state index contributed by atoms with van der Waals surface area (Å²) >= 11 is 0. The van der Waals surface area contributed by atoms with Crippen LogP contribution in [0.3, 0.4) is 0 Å². The summed E-state index contributed by atoms with van der Waals surface area (Å²) in [7, 11) is 1.55. The molecule has 1 saturated carbocycles. The van der Waals surface area contributed by atoms with E-state index in [1.165, 1.54) is 17.7 Å². The zero-order valence-electron chi connectivity index (χ0n) is 12.9. The van der Waals surface area contributed by atoms with Crippen LogP contribution in [0.4, 0.5) is 4.79 Å². The summed E-state index contributed by atoms with van der Waals surface area (Å²) in [6.07, 6.45) is 5.81. The van der Waals surface area contributed by atoms with Crippen LogP contribution in [0.15, 0.2) is 0 Å². The Balaban J connectivity index is 1.99. The molecule has 4 atom stereocenters. The molecular weight excluding hydrogens is 272 g/mol. The fourth-order valence-electron chi connectivity index (χ4n) is 3.38. The molecule has 1 aliphatic heterocycles. The molecule has 1 heterocycles. The first kappa shape index (κ1) is 16.1. The minimum absolute atomic E-state index is 0.149. The van der Waals surface area contributed by atoms with E-state index in [0.29, 0.717) is 18.9 Å². The molecule has 1 aliphatic carbocycles. The number of methoxy groups -OCH3 is 1. The number of aliphatic carboxylic acids is 1. The standard InChI is InChI=1S/C15H26N2O4/c1-10-6-4-3-5-7-12(10)16-15(20)17-9-11(21-2)8-13(17)14(18)19/h10-13H,3-9H2,1-2H3,(H,16,20)(H,18,19). The number of likely N-dealkylation sites (tertiary alicyclic amines) is 1. The van der Waals surface area contributed by atoms with Crippen molar-refractivity contribution < 1.29 is 19.4 Å². The molecule has 0 aromatic rings. The number of rotatable bonds is 3. The molecule has 0 aromatic carbocycles. The lowest BCUT2D eigenvalue weighted by molar-refractivity contribution is -0.141. The van der Waals surface area contributed by atoms with Gasteiger partial charge in [0.15, 0.2) is 0 Å². The Bertz CT molecular complexity index is 388. The fraction of sp³-hybridized carbons (Fsp3) is 0.867. The molecule has 21 heavy (non-hydrogen) atoms. The van der Waals surface area contributed by atoms with E-state index in [0.717, 1.165) is 19.3 Å². The van der Waals surface area contributed by atoms with Gasteiger partial charge in [-0.1, -0.05) is 26.2 Å². The maximum absolute atomic E-state index is 12.4. The Labute approximate surface area is 125 Å². The minimum atomic E-state index is -0.960. The van der Waals surface area contributed by atoms with Crippen molar-refractivity contribution in [2.24, 2.45) is 5.92 Å². The van der Waals surface area contributed by atoms with E-state index >= 15 is 0 Å². The van der Waals surface area contributed by atoms with E-state index in [1.807, 2.05) is 0 Å². The summed E-state index contributed by atoms with van der Waals surface area (Å²) < 4.78 is 5.22. The summed E-state index contributed by atoms with van der Waals surface area (Å²) in [5.41, 5.74) is 0. The van der Waals surface area contributed by atoms with Gasteiger partial charge in [-0.25, -0.2) is 9.59 Å². The van der Waals surface area contributed by atoms with Crippen LogP contribution >= 0.6 is 0 Å². The average molecular weight is 298 g/mol. The van der Waals surface area contributed by atoms with Crippen molar-refractivity contribution in [1.29, 1.82) is 0 Å². The van der Waals surface area contributed by atoms with Gasteiger partial charge in [0, 0.05) is 26.1 Å². The quantitative estimate of drug-likeness (QED) is 0.779. The Kier molecular flexibility index (Phi) is 5.45. The molecular formula is C15H26N2O4. The summed E-state index contributed by atoms with van der Waals surface area (Å²) in [5, 5.41) is 12.3. The second-order valence-electron chi connectivity index (χ2n) is 6.27. The number of nitrogens with one attached hydrogen (secondary N) is 1. The van der Waals surface area contributed by atoms with Gasteiger partial charge in [-0.2, -0.15) is 0 Å². The lowest BCUT2D eigenvalue weighted by Crippen LogP contribution is -2.50. The van der Waals surface area contributed by atoms with Crippen LogP contribution < -0.4 is 5.32 Å². The second kappa shape index (κ2) is 7.11. The third-order valence-corrected chi connectivity index (χ3v) is 4.81. The van der Waals surface area contributed by atoms with Crippen molar-refractivity contribution >= 4 is 12.0 Å². The topological polar surface area (TPSA) is 78.9 Å². The third-order valence-electron chi connectivity index (χ3n) is 4.81. The average Bonchev–Trinajstić information content (AvgIpc) is 2.80. The third kappa shape index (κ3) is 3.87. The summed E-state index contributed by atoms with van der Waals surface area (Å²) in [5.74, 6) is -0.515. The molecule has 1 saturated heterocycles. The zero-order chi connectivity index (χ0) is 15.4. The molecule has 6 nitrogen and oxygen atoms in total. The molecule has 6 heteroatoms. The van der Waals surface area contributed by atoms with E-state index < -0.39 is 12.0 Å². The van der Waals surface area contributed by atoms with Gasteiger partial charge in [-0.15, -0.1) is 0 Å². The summed E-state index contributed by atoms with van der Waals surface area (Å²) in [6, 6.07) is -0.896. The number of carboxylic acids is 1. The van der Waals surface area contributed by atoms with Gasteiger partial charge in [0.05, 0.1) is 6.10 Å². The van der Waals surface area contributed by atoms with Gasteiger partial charge in [-0.3, -0.25) is 0 Å². The summed E-state index contributed by atoms with van der Waals surface area (Å²) in [6.45, 7) is 2.51. The predicted octanol–water partition coefficient (Wildman–Crippen LogP) is 1.84. The second-order valence-corrected chi connectivity index (χ2v) is 6.27. The molecule has 0 aromatic heterocycles. The molecule has 2 aliphatic rings. The number of nitrogens with zero attached hydrogens (tertiary/aromatic N) is 1. The largest absolute Gasteiger partial charge is 0.480 e. The highest BCUT2D eigenvalue weighted by molar-refractivity contribution is 5.83. The normalized spacial score (nSPS) is 33.5. The van der Waals surface area contributed by atoms with Crippen molar-refractivity contribution in [3.63, 3.8) is 0 Å². The highest BCUT2D eigenvalue weighted by Gasteiger charge is 2.40. The monoisotopic (exact) mass is 298 g/mol. The molecule has 120 valence electrons. The van der Waals surface area contributed by atoms with E-state index in [-0.39, 0.29) is 18.2 Å². The fourth-order valence-corrected chi connectivity index (χ4v) is 3.38. The van der Waals surface area contributed by atoms with Gasteiger partial charge < -0.3 is 20.1 Å². The van der Waals surface area contributed by atoms with Crippen molar-refractivity contribution in [2.75, 3.05) is 13.7 Å². The highest BCUT2D eigenvalue weighted by atomic mass is 16.5. The zero-order valence-corrected chi connectivity index (χ0v) is 12.9. The molecule has 0 bridgehead atoms. The number of amides is 2. The van der Waals surface area contributed by atoms with Crippen molar-refractivity contribution in [1.82, 2.24) is 10.2 Å². The smallest absolute Gasteiger partial charge is 0.326 e. The van der Waals surface area contributed by atoms with Gasteiger partial charge in [0.25, 0.3) is 0 Å². The summed E-state index contributed by atoms with van der Waals surface area (Å²) in [4.78, 5) is 25.2. The number of urea groups is 1. The van der Waals surface area contributed by atoms with Crippen LogP contribution in [0.1, 0.15) is 45.4 Å². The lowest BCUT2D eigenvalue weighted by atomic mass is 9.97. The van der Waals surface area contributed by atoms with E-state index in [1.54, 1.807) is 7.11 Å². The van der Waals surface area contributed by atoms with Crippen LogP contribution in [0.25, 0.3) is 0 Å². The first-order valence-electron chi connectivity index (χ1n) is 7.85. The molecule has 2 fully saturated rings. The van der Waals surface area contributed by atoms with Crippen molar-refractivity contribution in [3.05, 3.63) is 0 Å². The van der Waals surface area contributed by atoms with Crippen molar-refractivity contribution in [3.8, 4) is 0 Å². The highest BCUT2D eigenvalue weighted by Crippen LogP contribution is 2.25.